The fourth-order valence-corrected chi connectivity index (χ4v) is 4.16. The lowest BCUT2D eigenvalue weighted by Gasteiger charge is -2.40. The van der Waals surface area contributed by atoms with E-state index >= 15 is 0 Å². The maximum absolute atomic E-state index is 6.34. The number of nitrogens with zero attached hydrogens (tertiary/aromatic N) is 6. The average Bonchev–Trinajstić information content (AvgIpc) is 2.73. The number of halogens is 2. The van der Waals surface area contributed by atoms with Gasteiger partial charge in [0.2, 0.25) is 17.2 Å². The molecule has 1 atom stereocenters. The third-order valence-electron chi connectivity index (χ3n) is 5.53. The third kappa shape index (κ3) is 5.05. The first-order valence-corrected chi connectivity index (χ1v) is 11.4. The van der Waals surface area contributed by atoms with Crippen LogP contribution >= 0.6 is 23.2 Å². The van der Waals surface area contributed by atoms with Crippen molar-refractivity contribution in [3.63, 3.8) is 0 Å². The van der Waals surface area contributed by atoms with Gasteiger partial charge in [-0.25, -0.2) is 4.98 Å². The van der Waals surface area contributed by atoms with Gasteiger partial charge in [-0.3, -0.25) is 0 Å². The summed E-state index contributed by atoms with van der Waals surface area (Å²) >= 11 is 12.6. The molecule has 1 aromatic carbocycles. The minimum Gasteiger partial charge on any atom is -0.352 e. The maximum Gasteiger partial charge on any atom is 0.233 e. The number of pyridine rings is 1. The molecule has 2 aromatic heterocycles. The first kappa shape index (κ1) is 22.6. The van der Waals surface area contributed by atoms with Crippen molar-refractivity contribution in [3.8, 4) is 0 Å². The quantitative estimate of drug-likeness (QED) is 0.551. The molecule has 3 aromatic rings. The summed E-state index contributed by atoms with van der Waals surface area (Å²) in [5.41, 5.74) is 2.26. The Kier molecular flexibility index (Phi) is 6.40. The molecule has 1 aliphatic heterocycles. The second-order valence-corrected chi connectivity index (χ2v) is 9.72. The number of benzene rings is 1. The number of anilines is 4. The summed E-state index contributed by atoms with van der Waals surface area (Å²) in [6, 6.07) is 12.1. The van der Waals surface area contributed by atoms with Gasteiger partial charge in [-0.1, -0.05) is 44.5 Å². The molecule has 0 amide bonds. The zero-order valence-corrected chi connectivity index (χ0v) is 20.2. The van der Waals surface area contributed by atoms with E-state index < -0.39 is 0 Å². The molecule has 3 heterocycles. The molecule has 1 N–H and O–H groups in total. The summed E-state index contributed by atoms with van der Waals surface area (Å²) in [6.45, 7) is 10.9. The van der Waals surface area contributed by atoms with Gasteiger partial charge in [-0.15, -0.1) is 0 Å². The van der Waals surface area contributed by atoms with Crippen LogP contribution < -0.4 is 15.1 Å². The number of aromatic nitrogens is 4. The van der Waals surface area contributed by atoms with Gasteiger partial charge in [0, 0.05) is 37.6 Å². The van der Waals surface area contributed by atoms with Crippen LogP contribution in [0.25, 0.3) is 0 Å². The molecule has 0 radical (unpaired) electrons. The minimum absolute atomic E-state index is 0.0972. The molecule has 32 heavy (non-hydrogen) atoms. The Morgan fingerprint density at radius 2 is 1.75 bits per heavy atom. The van der Waals surface area contributed by atoms with Crippen LogP contribution in [0.2, 0.25) is 10.3 Å². The second-order valence-electron chi connectivity index (χ2n) is 8.98. The summed E-state index contributed by atoms with van der Waals surface area (Å²) in [5, 5.41) is 4.06. The van der Waals surface area contributed by atoms with Crippen molar-refractivity contribution in [1.29, 1.82) is 0 Å². The average molecular weight is 472 g/mol. The molecule has 7 nitrogen and oxygen atoms in total. The lowest BCUT2D eigenvalue weighted by molar-refractivity contribution is 0.537. The van der Waals surface area contributed by atoms with Gasteiger partial charge in [-0.05, 0) is 53.8 Å². The van der Waals surface area contributed by atoms with Crippen LogP contribution in [-0.2, 0) is 5.41 Å². The predicted molar refractivity (Wildman–Crippen MR) is 132 cm³/mol. The van der Waals surface area contributed by atoms with Gasteiger partial charge in [0.05, 0.1) is 5.02 Å². The van der Waals surface area contributed by atoms with E-state index in [0.29, 0.717) is 23.5 Å². The molecule has 168 valence electrons. The Hall–Kier alpha value is -2.64. The summed E-state index contributed by atoms with van der Waals surface area (Å²) in [6.07, 6.45) is 1.76. The van der Waals surface area contributed by atoms with E-state index in [4.69, 9.17) is 23.2 Å². The Balaban J connectivity index is 1.50. The zero-order chi connectivity index (χ0) is 22.9. The van der Waals surface area contributed by atoms with E-state index in [1.807, 2.05) is 24.3 Å². The molecule has 0 aliphatic carbocycles. The normalized spacial score (nSPS) is 16.9. The van der Waals surface area contributed by atoms with Gasteiger partial charge in [-0.2, -0.15) is 15.0 Å². The Morgan fingerprint density at radius 1 is 1.00 bits per heavy atom. The zero-order valence-electron chi connectivity index (χ0n) is 18.7. The topological polar surface area (TPSA) is 70.1 Å². The highest BCUT2D eigenvalue weighted by Crippen LogP contribution is 2.28. The Labute approximate surface area is 198 Å². The molecular weight excluding hydrogens is 445 g/mol. The number of hydrogen-bond donors (Lipinski definition) is 1. The number of rotatable bonds is 4. The molecule has 0 saturated carbocycles. The van der Waals surface area contributed by atoms with Gasteiger partial charge >= 0.3 is 0 Å². The van der Waals surface area contributed by atoms with Crippen molar-refractivity contribution in [2.75, 3.05) is 34.8 Å². The number of piperazine rings is 1. The standard InChI is InChI=1S/C23H27Cl2N7/c1-15-14-31(19-18(24)6-5-11-26-19)12-13-32(15)22-29-20(25)28-21(30-22)27-17-9-7-16(8-10-17)23(2,3)4/h5-11,15H,12-14H2,1-4H3,(H,27,28,29,30). The van der Waals surface area contributed by atoms with Crippen molar-refractivity contribution < 1.29 is 0 Å². The molecule has 1 fully saturated rings. The lowest BCUT2D eigenvalue weighted by Crippen LogP contribution is -2.53. The van der Waals surface area contributed by atoms with E-state index in [9.17, 15) is 0 Å². The molecular formula is C23H27Cl2N7. The fourth-order valence-electron chi connectivity index (χ4n) is 3.76. The van der Waals surface area contributed by atoms with Crippen LogP contribution in [0.3, 0.4) is 0 Å². The van der Waals surface area contributed by atoms with Gasteiger partial charge in [0.15, 0.2) is 0 Å². The molecule has 0 bridgehead atoms. The van der Waals surface area contributed by atoms with Crippen LogP contribution in [-0.4, -0.2) is 45.6 Å². The van der Waals surface area contributed by atoms with E-state index in [-0.39, 0.29) is 16.7 Å². The lowest BCUT2D eigenvalue weighted by atomic mass is 9.87. The van der Waals surface area contributed by atoms with E-state index in [1.165, 1.54) is 5.56 Å². The molecule has 4 rings (SSSR count). The highest BCUT2D eigenvalue weighted by atomic mass is 35.5. The number of hydrogen-bond acceptors (Lipinski definition) is 7. The minimum atomic E-state index is 0.0972. The summed E-state index contributed by atoms with van der Waals surface area (Å²) < 4.78 is 0. The Bertz CT molecular complexity index is 1080. The van der Waals surface area contributed by atoms with Crippen LogP contribution in [0.15, 0.2) is 42.6 Å². The van der Waals surface area contributed by atoms with E-state index in [0.717, 1.165) is 24.6 Å². The van der Waals surface area contributed by atoms with Gasteiger partial charge in [0.1, 0.15) is 5.82 Å². The van der Waals surface area contributed by atoms with Crippen molar-refractivity contribution in [2.45, 2.75) is 39.2 Å². The summed E-state index contributed by atoms with van der Waals surface area (Å²) in [7, 11) is 0. The van der Waals surface area contributed by atoms with Crippen molar-refractivity contribution in [2.24, 2.45) is 0 Å². The fraction of sp³-hybridized carbons (Fsp3) is 0.391. The molecule has 0 spiro atoms. The van der Waals surface area contributed by atoms with Crippen LogP contribution in [0.5, 0.6) is 0 Å². The van der Waals surface area contributed by atoms with E-state index in [2.05, 4.69) is 74.9 Å². The monoisotopic (exact) mass is 471 g/mol. The molecule has 1 unspecified atom stereocenters. The van der Waals surface area contributed by atoms with Crippen LogP contribution in [0, 0.1) is 0 Å². The molecule has 1 aliphatic rings. The maximum atomic E-state index is 6.34. The van der Waals surface area contributed by atoms with Crippen LogP contribution in [0.4, 0.5) is 23.4 Å². The second kappa shape index (κ2) is 9.08. The first-order valence-electron chi connectivity index (χ1n) is 10.6. The number of nitrogens with one attached hydrogen (secondary N) is 1. The smallest absolute Gasteiger partial charge is 0.233 e. The SMILES string of the molecule is CC1CN(c2ncccc2Cl)CCN1c1nc(Cl)nc(Nc2ccc(C(C)(C)C)cc2)n1. The summed E-state index contributed by atoms with van der Waals surface area (Å²) in [4.78, 5) is 22.0. The van der Waals surface area contributed by atoms with Crippen molar-refractivity contribution in [3.05, 3.63) is 58.5 Å². The van der Waals surface area contributed by atoms with Crippen LogP contribution in [0.1, 0.15) is 33.3 Å². The van der Waals surface area contributed by atoms with Gasteiger partial charge in [0.25, 0.3) is 0 Å². The largest absolute Gasteiger partial charge is 0.352 e. The van der Waals surface area contributed by atoms with E-state index in [1.54, 1.807) is 6.20 Å². The molecule has 9 heteroatoms. The van der Waals surface area contributed by atoms with Crippen molar-refractivity contribution in [1.82, 2.24) is 19.9 Å². The highest BCUT2D eigenvalue weighted by Gasteiger charge is 2.28. The highest BCUT2D eigenvalue weighted by molar-refractivity contribution is 6.32. The summed E-state index contributed by atoms with van der Waals surface area (Å²) in [5.74, 6) is 1.78. The van der Waals surface area contributed by atoms with Gasteiger partial charge < -0.3 is 15.1 Å². The third-order valence-corrected chi connectivity index (χ3v) is 5.99. The van der Waals surface area contributed by atoms with Crippen molar-refractivity contribution >= 4 is 46.6 Å². The predicted octanol–water partition coefficient (Wildman–Crippen LogP) is 5.33. The first-order chi connectivity index (χ1) is 15.2. The Morgan fingerprint density at radius 3 is 2.41 bits per heavy atom. The molecule has 1 saturated heterocycles.